The van der Waals surface area contributed by atoms with Crippen molar-refractivity contribution < 1.29 is 9.59 Å². The molecule has 0 bridgehead atoms. The first-order valence-corrected chi connectivity index (χ1v) is 9.95. The highest BCUT2D eigenvalue weighted by atomic mass is 16.2. The Balaban J connectivity index is 1.52. The van der Waals surface area contributed by atoms with E-state index in [9.17, 15) is 9.59 Å². The van der Waals surface area contributed by atoms with Crippen LogP contribution in [0, 0.1) is 0 Å². The molecule has 2 heterocycles. The number of nitrogens with one attached hydrogen (secondary N) is 2. The number of carbonyl (C=O) groups excluding carboxylic acids is 2. The van der Waals surface area contributed by atoms with Gasteiger partial charge in [0.1, 0.15) is 5.82 Å². The Kier molecular flexibility index (Phi) is 5.89. The molecule has 0 aliphatic carbocycles. The van der Waals surface area contributed by atoms with Crippen LogP contribution in [0.3, 0.4) is 0 Å². The van der Waals surface area contributed by atoms with E-state index in [1.54, 1.807) is 34.7 Å². The van der Waals surface area contributed by atoms with Gasteiger partial charge < -0.3 is 10.6 Å². The van der Waals surface area contributed by atoms with E-state index >= 15 is 0 Å². The van der Waals surface area contributed by atoms with E-state index in [2.05, 4.69) is 20.8 Å². The van der Waals surface area contributed by atoms with Crippen LogP contribution in [0.1, 0.15) is 29.4 Å². The molecule has 0 saturated carbocycles. The van der Waals surface area contributed by atoms with Crippen molar-refractivity contribution in [3.63, 3.8) is 0 Å². The van der Waals surface area contributed by atoms with Crippen molar-refractivity contribution in [1.82, 2.24) is 19.6 Å². The number of para-hydroxylation sites is 1. The number of benzene rings is 2. The summed E-state index contributed by atoms with van der Waals surface area (Å²) in [6, 6.07) is 20.8. The summed E-state index contributed by atoms with van der Waals surface area (Å²) in [5.41, 5.74) is 2.60. The minimum atomic E-state index is -0.388. The Labute approximate surface area is 179 Å². The molecule has 156 valence electrons. The van der Waals surface area contributed by atoms with Crippen molar-refractivity contribution >= 4 is 23.3 Å². The van der Waals surface area contributed by atoms with Crippen LogP contribution in [0.5, 0.6) is 0 Å². The summed E-state index contributed by atoms with van der Waals surface area (Å²) >= 11 is 0. The molecule has 4 rings (SSSR count). The van der Waals surface area contributed by atoms with Gasteiger partial charge in [-0.25, -0.2) is 4.68 Å². The van der Waals surface area contributed by atoms with Crippen molar-refractivity contribution in [1.29, 1.82) is 0 Å². The lowest BCUT2D eigenvalue weighted by Crippen LogP contribution is -2.13. The van der Waals surface area contributed by atoms with Crippen LogP contribution in [0.2, 0.25) is 0 Å². The standard InChI is InChI=1S/C23H22N6O2/c1-2-22(30)26-21-13-20(27-29(21)19-11-7-4-8-12-19)23(31)25-18-14-24-28(16-18)15-17-9-5-3-6-10-17/h3-14,16H,2,15H2,1H3,(H,25,31)(H,26,30). The van der Waals surface area contributed by atoms with Gasteiger partial charge in [0.2, 0.25) is 5.91 Å². The molecule has 2 aromatic heterocycles. The quantitative estimate of drug-likeness (QED) is 0.482. The smallest absolute Gasteiger partial charge is 0.276 e. The zero-order chi connectivity index (χ0) is 21.6. The highest BCUT2D eigenvalue weighted by molar-refractivity contribution is 6.03. The minimum Gasteiger partial charge on any atom is -0.318 e. The van der Waals surface area contributed by atoms with E-state index in [1.807, 2.05) is 60.7 Å². The van der Waals surface area contributed by atoms with Crippen molar-refractivity contribution in [3.8, 4) is 5.69 Å². The Morgan fingerprint density at radius 2 is 1.68 bits per heavy atom. The van der Waals surface area contributed by atoms with Gasteiger partial charge in [0.25, 0.3) is 5.91 Å². The number of hydrogen-bond donors (Lipinski definition) is 2. The predicted molar refractivity (Wildman–Crippen MR) is 118 cm³/mol. The lowest BCUT2D eigenvalue weighted by molar-refractivity contribution is -0.115. The molecule has 0 saturated heterocycles. The van der Waals surface area contributed by atoms with E-state index < -0.39 is 0 Å². The zero-order valence-electron chi connectivity index (χ0n) is 17.0. The van der Waals surface area contributed by atoms with Gasteiger partial charge >= 0.3 is 0 Å². The van der Waals surface area contributed by atoms with Crippen molar-refractivity contribution in [2.24, 2.45) is 0 Å². The van der Waals surface area contributed by atoms with Crippen molar-refractivity contribution in [2.45, 2.75) is 19.9 Å². The van der Waals surface area contributed by atoms with Crippen molar-refractivity contribution in [3.05, 3.63) is 90.4 Å². The van der Waals surface area contributed by atoms with Crippen LogP contribution in [0.4, 0.5) is 11.5 Å². The van der Waals surface area contributed by atoms with Crippen molar-refractivity contribution in [2.75, 3.05) is 10.6 Å². The number of aromatic nitrogens is 4. The van der Waals surface area contributed by atoms with Crippen LogP contribution >= 0.6 is 0 Å². The van der Waals surface area contributed by atoms with Crippen LogP contribution in [-0.4, -0.2) is 31.4 Å². The van der Waals surface area contributed by atoms with Gasteiger partial charge in [-0.15, -0.1) is 0 Å². The number of hydrogen-bond acceptors (Lipinski definition) is 4. The molecule has 0 unspecified atom stereocenters. The fraction of sp³-hybridized carbons (Fsp3) is 0.130. The largest absolute Gasteiger partial charge is 0.318 e. The summed E-state index contributed by atoms with van der Waals surface area (Å²) < 4.78 is 3.29. The maximum absolute atomic E-state index is 12.8. The maximum atomic E-state index is 12.8. The second kappa shape index (κ2) is 9.08. The third-order valence-electron chi connectivity index (χ3n) is 4.61. The van der Waals surface area contributed by atoms with Gasteiger partial charge in [0.05, 0.1) is 24.1 Å². The summed E-state index contributed by atoms with van der Waals surface area (Å²) in [4.78, 5) is 24.7. The molecule has 0 spiro atoms. The SMILES string of the molecule is CCC(=O)Nc1cc(C(=O)Nc2cnn(Cc3ccccc3)c2)nn1-c1ccccc1. The first kappa shape index (κ1) is 20.1. The highest BCUT2D eigenvalue weighted by Gasteiger charge is 2.17. The monoisotopic (exact) mass is 414 g/mol. The number of carbonyl (C=O) groups is 2. The second-order valence-corrected chi connectivity index (χ2v) is 6.93. The van der Waals surface area contributed by atoms with E-state index in [0.717, 1.165) is 11.3 Å². The molecular weight excluding hydrogens is 392 g/mol. The maximum Gasteiger partial charge on any atom is 0.276 e. The van der Waals surface area contributed by atoms with Crippen LogP contribution in [-0.2, 0) is 11.3 Å². The number of nitrogens with zero attached hydrogens (tertiary/aromatic N) is 4. The average molecular weight is 414 g/mol. The van der Waals surface area contributed by atoms with E-state index in [-0.39, 0.29) is 17.5 Å². The fourth-order valence-electron chi connectivity index (χ4n) is 3.06. The molecular formula is C23H22N6O2. The Bertz CT molecular complexity index is 1180. The fourth-order valence-corrected chi connectivity index (χ4v) is 3.06. The normalized spacial score (nSPS) is 10.6. The molecule has 0 radical (unpaired) electrons. The summed E-state index contributed by atoms with van der Waals surface area (Å²) in [5.74, 6) is -0.116. The van der Waals surface area contributed by atoms with E-state index in [0.29, 0.717) is 24.5 Å². The second-order valence-electron chi connectivity index (χ2n) is 6.93. The summed E-state index contributed by atoms with van der Waals surface area (Å²) in [7, 11) is 0. The van der Waals surface area contributed by atoms with E-state index in [1.165, 1.54) is 0 Å². The number of rotatable bonds is 7. The topological polar surface area (TPSA) is 93.8 Å². The van der Waals surface area contributed by atoms with Crippen LogP contribution in [0.15, 0.2) is 79.1 Å². The summed E-state index contributed by atoms with van der Waals surface area (Å²) in [5, 5.41) is 14.3. The summed E-state index contributed by atoms with van der Waals surface area (Å²) in [6.07, 6.45) is 3.68. The minimum absolute atomic E-state index is 0.161. The van der Waals surface area contributed by atoms with Gasteiger partial charge in [0, 0.05) is 18.7 Å². The van der Waals surface area contributed by atoms with E-state index in [4.69, 9.17) is 0 Å². The molecule has 8 nitrogen and oxygen atoms in total. The third-order valence-corrected chi connectivity index (χ3v) is 4.61. The van der Waals surface area contributed by atoms with Crippen LogP contribution in [0.25, 0.3) is 5.69 Å². The van der Waals surface area contributed by atoms with Crippen LogP contribution < -0.4 is 10.6 Å². The first-order chi connectivity index (χ1) is 15.1. The molecule has 0 atom stereocenters. The predicted octanol–water partition coefficient (Wildman–Crippen LogP) is 3.72. The Hall–Kier alpha value is -4.20. The van der Waals surface area contributed by atoms with Gasteiger partial charge in [-0.2, -0.15) is 10.2 Å². The van der Waals surface area contributed by atoms with Gasteiger partial charge in [-0.3, -0.25) is 14.3 Å². The molecule has 8 heteroatoms. The molecule has 4 aromatic rings. The molecule has 2 amide bonds. The summed E-state index contributed by atoms with van der Waals surface area (Å²) in [6.45, 7) is 2.37. The van der Waals surface area contributed by atoms with Gasteiger partial charge in [0.15, 0.2) is 5.69 Å². The zero-order valence-corrected chi connectivity index (χ0v) is 17.0. The number of amides is 2. The first-order valence-electron chi connectivity index (χ1n) is 9.95. The van der Waals surface area contributed by atoms with Gasteiger partial charge in [-0.05, 0) is 17.7 Å². The Morgan fingerprint density at radius 3 is 2.39 bits per heavy atom. The third kappa shape index (κ3) is 4.87. The Morgan fingerprint density at radius 1 is 0.968 bits per heavy atom. The van der Waals surface area contributed by atoms with Gasteiger partial charge in [-0.1, -0.05) is 55.5 Å². The molecule has 2 aromatic carbocycles. The lowest BCUT2D eigenvalue weighted by atomic mass is 10.2. The number of anilines is 2. The molecule has 2 N–H and O–H groups in total. The molecule has 0 fully saturated rings. The highest BCUT2D eigenvalue weighted by Crippen LogP contribution is 2.19. The average Bonchev–Trinajstić information content (AvgIpc) is 3.42. The molecule has 0 aliphatic heterocycles. The molecule has 31 heavy (non-hydrogen) atoms. The lowest BCUT2D eigenvalue weighted by Gasteiger charge is -2.07. The molecule has 0 aliphatic rings.